The minimum Gasteiger partial charge on any atom is -0.0992 e. The number of allylic oxidation sites excluding steroid dienone is 1. The monoisotopic (exact) mass is 242 g/mol. The second-order valence-corrected chi connectivity index (χ2v) is 17.3. The molecular weight excluding hydrogens is 212 g/mol. The van der Waals surface area contributed by atoms with Crippen molar-refractivity contribution in [2.24, 2.45) is 11.8 Å². The minimum atomic E-state index is -1.13. The Hall–Kier alpha value is 0.174. The van der Waals surface area contributed by atoms with Crippen molar-refractivity contribution in [1.82, 2.24) is 0 Å². The van der Waals surface area contributed by atoms with Crippen molar-refractivity contribution in [2.75, 3.05) is 0 Å². The van der Waals surface area contributed by atoms with Crippen molar-refractivity contribution in [3.05, 3.63) is 10.9 Å². The molecule has 2 heteroatoms. The van der Waals surface area contributed by atoms with Gasteiger partial charge in [-0.2, -0.15) is 0 Å². The van der Waals surface area contributed by atoms with Crippen molar-refractivity contribution in [3.8, 4) is 0 Å². The lowest BCUT2D eigenvalue weighted by Crippen LogP contribution is -2.33. The van der Waals surface area contributed by atoms with Gasteiger partial charge in [-0.25, -0.2) is 0 Å². The summed E-state index contributed by atoms with van der Waals surface area (Å²) in [6, 6.07) is 0. The summed E-state index contributed by atoms with van der Waals surface area (Å²) >= 11 is 0. The summed E-state index contributed by atoms with van der Waals surface area (Å²) in [5, 5.41) is 1.80. The second-order valence-electron chi connectivity index (χ2n) is 7.25. The highest BCUT2D eigenvalue weighted by Crippen LogP contribution is 2.29. The molecule has 0 saturated heterocycles. The largest absolute Gasteiger partial charge is 0.0992 e. The maximum Gasteiger partial charge on any atom is 0.0718 e. The minimum absolute atomic E-state index is 0.767. The molecule has 0 aliphatic heterocycles. The van der Waals surface area contributed by atoms with Crippen molar-refractivity contribution >= 4 is 16.1 Å². The molecule has 90 valence electrons. The first-order chi connectivity index (χ1) is 6.45. The lowest BCUT2D eigenvalue weighted by molar-refractivity contribution is 0.493. The molecule has 0 aliphatic rings. The quantitative estimate of drug-likeness (QED) is 0.611. The number of hydrogen-bond acceptors (Lipinski definition) is 0. The van der Waals surface area contributed by atoms with Crippen LogP contribution in [0.2, 0.25) is 39.3 Å². The molecule has 0 N–H and O–H groups in total. The fourth-order valence-corrected chi connectivity index (χ4v) is 7.78. The fourth-order valence-electron chi connectivity index (χ4n) is 1.86. The summed E-state index contributed by atoms with van der Waals surface area (Å²) in [6.07, 6.45) is 0. The molecule has 0 saturated carbocycles. The predicted octanol–water partition coefficient (Wildman–Crippen LogP) is 4.96. The summed E-state index contributed by atoms with van der Waals surface area (Å²) in [7, 11) is -2.19. The zero-order valence-corrected chi connectivity index (χ0v) is 14.2. The van der Waals surface area contributed by atoms with Crippen LogP contribution in [-0.2, 0) is 0 Å². The topological polar surface area (TPSA) is 0 Å². The molecule has 0 radical (unpaired) electrons. The van der Waals surface area contributed by atoms with Gasteiger partial charge in [0, 0.05) is 0 Å². The Kier molecular flexibility index (Phi) is 5.06. The zero-order valence-electron chi connectivity index (χ0n) is 12.2. The van der Waals surface area contributed by atoms with Crippen LogP contribution in [0.4, 0.5) is 0 Å². The van der Waals surface area contributed by atoms with Crippen LogP contribution < -0.4 is 0 Å². The van der Waals surface area contributed by atoms with E-state index in [1.54, 1.807) is 5.20 Å². The smallest absolute Gasteiger partial charge is 0.0718 e. The molecule has 1 unspecified atom stereocenters. The van der Waals surface area contributed by atoms with Gasteiger partial charge in [0.25, 0.3) is 0 Å². The third kappa shape index (κ3) is 5.71. The molecule has 0 rings (SSSR count). The Balaban J connectivity index is 5.18. The third-order valence-electron chi connectivity index (χ3n) is 2.95. The van der Waals surface area contributed by atoms with Crippen LogP contribution in [-0.4, -0.2) is 16.1 Å². The molecule has 0 aromatic heterocycles. The predicted molar refractivity (Wildman–Crippen MR) is 78.8 cm³/mol. The van der Waals surface area contributed by atoms with Crippen LogP contribution in [0.3, 0.4) is 0 Å². The second kappa shape index (κ2) is 5.00. The first kappa shape index (κ1) is 15.2. The van der Waals surface area contributed by atoms with Gasteiger partial charge in [0.15, 0.2) is 0 Å². The summed E-state index contributed by atoms with van der Waals surface area (Å²) in [5.74, 6) is 1.54. The van der Waals surface area contributed by atoms with Crippen molar-refractivity contribution in [3.63, 3.8) is 0 Å². The van der Waals surface area contributed by atoms with E-state index in [2.05, 4.69) is 65.8 Å². The average Bonchev–Trinajstić information content (AvgIpc) is 1.94. The van der Waals surface area contributed by atoms with E-state index >= 15 is 0 Å². The Bertz CT molecular complexity index is 226. The Morgan fingerprint density at radius 2 is 1.27 bits per heavy atom. The maximum atomic E-state index is 2.67. The van der Waals surface area contributed by atoms with Crippen LogP contribution in [0.25, 0.3) is 0 Å². The summed E-state index contributed by atoms with van der Waals surface area (Å²) < 4.78 is 0. The normalized spacial score (nSPS) is 17.1. The molecule has 0 spiro atoms. The van der Waals surface area contributed by atoms with Crippen LogP contribution in [0.5, 0.6) is 0 Å². The van der Waals surface area contributed by atoms with Gasteiger partial charge in [0.05, 0.1) is 16.1 Å². The van der Waals surface area contributed by atoms with E-state index in [0.29, 0.717) is 0 Å². The van der Waals surface area contributed by atoms with E-state index < -0.39 is 16.1 Å². The highest BCUT2D eigenvalue weighted by atomic mass is 28.3. The van der Waals surface area contributed by atoms with E-state index in [1.165, 1.54) is 0 Å². The van der Waals surface area contributed by atoms with E-state index in [0.717, 1.165) is 11.8 Å². The van der Waals surface area contributed by atoms with Gasteiger partial charge in [-0.3, -0.25) is 0 Å². The van der Waals surface area contributed by atoms with Gasteiger partial charge in [0.1, 0.15) is 0 Å². The molecule has 0 fully saturated rings. The maximum absolute atomic E-state index is 2.67. The van der Waals surface area contributed by atoms with Gasteiger partial charge < -0.3 is 0 Å². The molecule has 0 aromatic carbocycles. The molecule has 15 heavy (non-hydrogen) atoms. The molecule has 0 heterocycles. The van der Waals surface area contributed by atoms with Crippen molar-refractivity contribution < 1.29 is 0 Å². The Labute approximate surface area is 99.2 Å². The average molecular weight is 243 g/mol. The van der Waals surface area contributed by atoms with Gasteiger partial charge in [0.2, 0.25) is 0 Å². The molecule has 0 aromatic rings. The Morgan fingerprint density at radius 1 is 0.867 bits per heavy atom. The van der Waals surface area contributed by atoms with Gasteiger partial charge >= 0.3 is 0 Å². The standard InChI is InChI=1S/C13H30Si2/c1-11(2)12(3)13(15(7,8)9)10-14(4,5)6/h10-12H,1-9H3/b13-10+. The van der Waals surface area contributed by atoms with Crippen molar-refractivity contribution in [1.29, 1.82) is 0 Å². The SMILES string of the molecule is CC(C)C(C)/C(=C\[Si](C)(C)C)[Si](C)(C)C. The lowest BCUT2D eigenvalue weighted by atomic mass is 9.98. The molecule has 0 nitrogen and oxygen atoms in total. The van der Waals surface area contributed by atoms with Crippen LogP contribution in [0.15, 0.2) is 10.9 Å². The zero-order chi connectivity index (χ0) is 12.4. The van der Waals surface area contributed by atoms with Crippen LogP contribution in [0.1, 0.15) is 20.8 Å². The number of hydrogen-bond donors (Lipinski definition) is 0. The van der Waals surface area contributed by atoms with E-state index in [1.807, 2.05) is 0 Å². The number of rotatable bonds is 4. The fraction of sp³-hybridized carbons (Fsp3) is 0.846. The van der Waals surface area contributed by atoms with E-state index in [-0.39, 0.29) is 0 Å². The highest BCUT2D eigenvalue weighted by Gasteiger charge is 2.27. The van der Waals surface area contributed by atoms with Crippen molar-refractivity contribution in [2.45, 2.75) is 60.1 Å². The first-order valence-electron chi connectivity index (χ1n) is 6.18. The van der Waals surface area contributed by atoms with Gasteiger partial charge in [-0.15, -0.1) is 0 Å². The summed E-state index contributed by atoms with van der Waals surface area (Å²) in [6.45, 7) is 21.9. The Morgan fingerprint density at radius 3 is 1.47 bits per heavy atom. The van der Waals surface area contributed by atoms with E-state index in [9.17, 15) is 0 Å². The van der Waals surface area contributed by atoms with E-state index in [4.69, 9.17) is 0 Å². The molecule has 1 atom stereocenters. The molecule has 0 bridgehead atoms. The molecule has 0 aliphatic carbocycles. The molecule has 0 amide bonds. The van der Waals surface area contributed by atoms with Gasteiger partial charge in [-0.1, -0.05) is 70.9 Å². The lowest BCUT2D eigenvalue weighted by Gasteiger charge is -2.31. The summed E-state index contributed by atoms with van der Waals surface area (Å²) in [5.41, 5.74) is 2.67. The highest BCUT2D eigenvalue weighted by molar-refractivity contribution is 6.87. The molecular formula is C13H30Si2. The first-order valence-corrected chi connectivity index (χ1v) is 13.3. The summed E-state index contributed by atoms with van der Waals surface area (Å²) in [4.78, 5) is 0. The van der Waals surface area contributed by atoms with Crippen LogP contribution >= 0.6 is 0 Å². The van der Waals surface area contributed by atoms with Crippen LogP contribution in [0, 0.1) is 11.8 Å². The van der Waals surface area contributed by atoms with Gasteiger partial charge in [-0.05, 0) is 11.8 Å². The third-order valence-corrected chi connectivity index (χ3v) is 6.74.